The van der Waals surface area contributed by atoms with Crippen molar-refractivity contribution in [3.8, 4) is 5.75 Å². The fourth-order valence-corrected chi connectivity index (χ4v) is 4.30. The number of phenolic OH excluding ortho intramolecular Hbond substituents is 1. The Bertz CT molecular complexity index is 456. The lowest BCUT2D eigenvalue weighted by Gasteiger charge is -2.33. The molecule has 2 fully saturated rings. The summed E-state index contributed by atoms with van der Waals surface area (Å²) in [6.45, 7) is 1.30. The maximum atomic E-state index is 9.91. The fourth-order valence-electron chi connectivity index (χ4n) is 4.30. The summed E-state index contributed by atoms with van der Waals surface area (Å²) in [7, 11) is 0. The van der Waals surface area contributed by atoms with Gasteiger partial charge in [0.1, 0.15) is 5.75 Å². The van der Waals surface area contributed by atoms with Gasteiger partial charge < -0.3 is 5.11 Å². The maximum absolute atomic E-state index is 9.91. The average molecular weight is 229 g/mol. The number of piperidine rings is 1. The number of aromatic hydroxyl groups is 1. The molecule has 1 saturated carbocycles. The molecule has 1 aromatic rings. The highest BCUT2D eigenvalue weighted by Crippen LogP contribution is 2.47. The second kappa shape index (κ2) is 3.49. The minimum atomic E-state index is 0.509. The number of nitrogens with zero attached hydrogens (tertiary/aromatic N) is 1. The smallest absolute Gasteiger partial charge is 0.119 e. The van der Waals surface area contributed by atoms with Crippen LogP contribution in [0.5, 0.6) is 5.75 Å². The summed E-state index contributed by atoms with van der Waals surface area (Å²) in [5.74, 6) is 1.47. The van der Waals surface area contributed by atoms with E-state index in [1.165, 1.54) is 43.4 Å². The molecule has 0 radical (unpaired) electrons. The summed E-state index contributed by atoms with van der Waals surface area (Å²) >= 11 is 0. The molecule has 3 unspecified atom stereocenters. The second-order valence-electron chi connectivity index (χ2n) is 5.93. The van der Waals surface area contributed by atoms with Crippen molar-refractivity contribution in [2.75, 3.05) is 6.54 Å². The number of likely N-dealkylation sites (tertiary alicyclic amines) is 1. The third-order valence-electron chi connectivity index (χ3n) is 5.07. The van der Waals surface area contributed by atoms with Crippen LogP contribution in [0.3, 0.4) is 0 Å². The summed E-state index contributed by atoms with van der Waals surface area (Å²) in [6.07, 6.45) is 6.53. The Morgan fingerprint density at radius 2 is 2.12 bits per heavy atom. The van der Waals surface area contributed by atoms with Gasteiger partial charge in [-0.2, -0.15) is 0 Å². The van der Waals surface area contributed by atoms with E-state index in [0.717, 1.165) is 18.4 Å². The van der Waals surface area contributed by atoms with Crippen molar-refractivity contribution in [2.24, 2.45) is 5.92 Å². The zero-order chi connectivity index (χ0) is 11.4. The van der Waals surface area contributed by atoms with Gasteiger partial charge in [-0.25, -0.2) is 0 Å². The minimum Gasteiger partial charge on any atom is -0.508 e. The van der Waals surface area contributed by atoms with E-state index in [4.69, 9.17) is 0 Å². The molecule has 17 heavy (non-hydrogen) atoms. The van der Waals surface area contributed by atoms with Crippen LogP contribution in [0.4, 0.5) is 0 Å². The fraction of sp³-hybridized carbons (Fsp3) is 0.600. The van der Waals surface area contributed by atoms with Gasteiger partial charge >= 0.3 is 0 Å². The molecule has 2 heteroatoms. The van der Waals surface area contributed by atoms with Gasteiger partial charge in [0.2, 0.25) is 0 Å². The highest BCUT2D eigenvalue weighted by atomic mass is 16.3. The van der Waals surface area contributed by atoms with Gasteiger partial charge in [0.25, 0.3) is 0 Å². The minimum absolute atomic E-state index is 0.509. The van der Waals surface area contributed by atoms with E-state index in [1.807, 2.05) is 12.1 Å². The van der Waals surface area contributed by atoms with Crippen LogP contribution in [-0.4, -0.2) is 22.6 Å². The normalized spacial score (nSPS) is 35.4. The molecule has 2 aliphatic carbocycles. The van der Waals surface area contributed by atoms with Crippen LogP contribution in [0.15, 0.2) is 18.2 Å². The van der Waals surface area contributed by atoms with Crippen molar-refractivity contribution < 1.29 is 5.11 Å². The molecule has 0 aromatic heterocycles. The Labute approximate surface area is 102 Å². The number of fused-ring (bicyclic) bond motifs is 3. The van der Waals surface area contributed by atoms with Gasteiger partial charge in [0.05, 0.1) is 0 Å². The number of benzene rings is 1. The highest BCUT2D eigenvalue weighted by Gasteiger charge is 2.43. The molecule has 1 N–H and O–H groups in total. The zero-order valence-electron chi connectivity index (χ0n) is 10.1. The van der Waals surface area contributed by atoms with Crippen LogP contribution in [0.1, 0.15) is 42.9 Å². The Balaban J connectivity index is 1.68. The number of rotatable bonds is 1. The molecule has 4 rings (SSSR count). The first-order valence-corrected chi connectivity index (χ1v) is 6.89. The molecule has 2 bridgehead atoms. The SMILES string of the molecule is Oc1cccc2c1CCC2N1CC2CCC1C2. The lowest BCUT2D eigenvalue weighted by atomic mass is 10.0. The van der Waals surface area contributed by atoms with E-state index < -0.39 is 0 Å². The third kappa shape index (κ3) is 1.37. The summed E-state index contributed by atoms with van der Waals surface area (Å²) in [6, 6.07) is 7.47. The van der Waals surface area contributed by atoms with E-state index in [9.17, 15) is 5.11 Å². The Morgan fingerprint density at radius 1 is 1.18 bits per heavy atom. The molecule has 1 aliphatic heterocycles. The quantitative estimate of drug-likeness (QED) is 0.800. The van der Waals surface area contributed by atoms with E-state index in [0.29, 0.717) is 11.8 Å². The summed E-state index contributed by atoms with van der Waals surface area (Å²) in [4.78, 5) is 2.72. The topological polar surface area (TPSA) is 23.5 Å². The van der Waals surface area contributed by atoms with Gasteiger partial charge in [-0.15, -0.1) is 0 Å². The van der Waals surface area contributed by atoms with Gasteiger partial charge in [0, 0.05) is 18.6 Å². The van der Waals surface area contributed by atoms with E-state index in [-0.39, 0.29) is 0 Å². The Kier molecular flexibility index (Phi) is 2.04. The average Bonchev–Trinajstić information content (AvgIpc) is 3.03. The monoisotopic (exact) mass is 229 g/mol. The molecule has 0 amide bonds. The van der Waals surface area contributed by atoms with Crippen molar-refractivity contribution in [3.05, 3.63) is 29.3 Å². The van der Waals surface area contributed by atoms with Crippen LogP contribution in [0.25, 0.3) is 0 Å². The van der Waals surface area contributed by atoms with Crippen LogP contribution in [0.2, 0.25) is 0 Å². The van der Waals surface area contributed by atoms with Crippen LogP contribution < -0.4 is 0 Å². The molecule has 90 valence electrons. The third-order valence-corrected chi connectivity index (χ3v) is 5.07. The van der Waals surface area contributed by atoms with Crippen LogP contribution >= 0.6 is 0 Å². The number of hydrogen-bond acceptors (Lipinski definition) is 2. The molecule has 2 nitrogen and oxygen atoms in total. The zero-order valence-corrected chi connectivity index (χ0v) is 10.1. The first-order valence-electron chi connectivity index (χ1n) is 6.89. The van der Waals surface area contributed by atoms with Crippen molar-refractivity contribution in [3.63, 3.8) is 0 Å². The molecule has 1 saturated heterocycles. The molecule has 3 aliphatic rings. The predicted molar refractivity (Wildman–Crippen MR) is 67.0 cm³/mol. The molecule has 0 spiro atoms. The first-order chi connectivity index (χ1) is 8.33. The summed E-state index contributed by atoms with van der Waals surface area (Å²) in [5.41, 5.74) is 2.61. The highest BCUT2D eigenvalue weighted by molar-refractivity contribution is 5.44. The van der Waals surface area contributed by atoms with E-state index in [2.05, 4.69) is 11.0 Å². The van der Waals surface area contributed by atoms with Gasteiger partial charge in [0.15, 0.2) is 0 Å². The van der Waals surface area contributed by atoms with Gasteiger partial charge in [-0.1, -0.05) is 12.1 Å². The van der Waals surface area contributed by atoms with Crippen LogP contribution in [0, 0.1) is 5.92 Å². The van der Waals surface area contributed by atoms with Gasteiger partial charge in [-0.05, 0) is 55.2 Å². The van der Waals surface area contributed by atoms with Crippen LogP contribution in [-0.2, 0) is 6.42 Å². The summed E-state index contributed by atoms with van der Waals surface area (Å²) in [5, 5.41) is 9.91. The molecular formula is C15H19NO. The Hall–Kier alpha value is -1.02. The maximum Gasteiger partial charge on any atom is 0.119 e. The Morgan fingerprint density at radius 3 is 2.88 bits per heavy atom. The number of hydrogen-bond donors (Lipinski definition) is 1. The molecule has 1 aromatic carbocycles. The van der Waals surface area contributed by atoms with E-state index in [1.54, 1.807) is 0 Å². The van der Waals surface area contributed by atoms with Crippen molar-refractivity contribution in [2.45, 2.75) is 44.2 Å². The van der Waals surface area contributed by atoms with Crippen molar-refractivity contribution in [1.29, 1.82) is 0 Å². The van der Waals surface area contributed by atoms with Crippen molar-refractivity contribution >= 4 is 0 Å². The summed E-state index contributed by atoms with van der Waals surface area (Å²) < 4.78 is 0. The number of phenols is 1. The molecule has 3 atom stereocenters. The van der Waals surface area contributed by atoms with E-state index >= 15 is 0 Å². The second-order valence-corrected chi connectivity index (χ2v) is 5.93. The predicted octanol–water partition coefficient (Wildman–Crippen LogP) is 2.86. The molecular weight excluding hydrogens is 210 g/mol. The lowest BCUT2D eigenvalue weighted by molar-refractivity contribution is 0.149. The van der Waals surface area contributed by atoms with Gasteiger partial charge in [-0.3, -0.25) is 4.90 Å². The largest absolute Gasteiger partial charge is 0.508 e. The lowest BCUT2D eigenvalue weighted by Crippen LogP contribution is -2.34. The molecule has 1 heterocycles. The van der Waals surface area contributed by atoms with Crippen molar-refractivity contribution in [1.82, 2.24) is 4.90 Å². The first kappa shape index (κ1) is 9.95. The standard InChI is InChI=1S/C15H19NO/c17-15-3-1-2-12-13(15)6-7-14(12)16-9-10-4-5-11(16)8-10/h1-3,10-11,14,17H,4-9H2.